The quantitative estimate of drug-likeness (QED) is 0.0264. The number of hydrogen-bond acceptors (Lipinski definition) is 6. The Bertz CT molecular complexity index is 984. The zero-order valence-corrected chi connectivity index (χ0v) is 38.6. The molecule has 0 radical (unpaired) electrons. The Morgan fingerprint density at radius 1 is 0.345 bits per heavy atom. The molecule has 0 aliphatic rings. The second kappa shape index (κ2) is 47.3. The first-order valence-electron chi connectivity index (χ1n) is 25.0. The number of esters is 3. The molecule has 0 saturated carbocycles. The van der Waals surface area contributed by atoms with Crippen molar-refractivity contribution in [2.24, 2.45) is 0 Å². The molecule has 0 aliphatic heterocycles. The molecule has 0 unspecified atom stereocenters. The van der Waals surface area contributed by atoms with Gasteiger partial charge < -0.3 is 14.2 Å². The van der Waals surface area contributed by atoms with E-state index >= 15 is 0 Å². The predicted octanol–water partition coefficient (Wildman–Crippen LogP) is 16.1. The van der Waals surface area contributed by atoms with Crippen molar-refractivity contribution in [3.05, 3.63) is 36.5 Å². The third-order valence-electron chi connectivity index (χ3n) is 10.9. The van der Waals surface area contributed by atoms with Crippen LogP contribution in [0.15, 0.2) is 36.5 Å². The van der Waals surface area contributed by atoms with Crippen LogP contribution in [0, 0.1) is 0 Å². The summed E-state index contributed by atoms with van der Waals surface area (Å²) in [5, 5.41) is 0. The second-order valence-corrected chi connectivity index (χ2v) is 16.7. The van der Waals surface area contributed by atoms with Gasteiger partial charge >= 0.3 is 17.9 Å². The molecule has 0 rings (SSSR count). The topological polar surface area (TPSA) is 78.9 Å². The normalized spacial score (nSPS) is 12.3. The molecule has 0 saturated heterocycles. The standard InChI is InChI=1S/C52H94O6/c1-4-7-10-13-16-19-22-24-25-26-27-28-31-34-37-40-43-46-52(55)58-49(47-56-50(53)44-41-38-35-32-29-21-18-15-12-9-6-3)48-57-51(54)45-42-39-36-33-30-23-20-17-14-11-8-5-2/h15-16,18-19,24-25,49H,4-14,17,20-23,26-48H2,1-3H3/b18-15-,19-16-,25-24-/t49-/m1/s1. The van der Waals surface area contributed by atoms with Gasteiger partial charge in [0.2, 0.25) is 0 Å². The van der Waals surface area contributed by atoms with Crippen molar-refractivity contribution in [1.82, 2.24) is 0 Å². The van der Waals surface area contributed by atoms with Gasteiger partial charge in [-0.1, -0.05) is 205 Å². The highest BCUT2D eigenvalue weighted by Crippen LogP contribution is 2.15. The summed E-state index contributed by atoms with van der Waals surface area (Å²) in [4.78, 5) is 37.8. The van der Waals surface area contributed by atoms with Crippen molar-refractivity contribution in [2.75, 3.05) is 13.2 Å². The average molecular weight is 815 g/mol. The van der Waals surface area contributed by atoms with Crippen LogP contribution in [0.5, 0.6) is 0 Å². The average Bonchev–Trinajstić information content (AvgIpc) is 3.22. The van der Waals surface area contributed by atoms with Gasteiger partial charge in [-0.2, -0.15) is 0 Å². The lowest BCUT2D eigenvalue weighted by Gasteiger charge is -2.18. The van der Waals surface area contributed by atoms with Crippen molar-refractivity contribution >= 4 is 17.9 Å². The van der Waals surface area contributed by atoms with Gasteiger partial charge in [0.05, 0.1) is 0 Å². The zero-order chi connectivity index (χ0) is 42.3. The van der Waals surface area contributed by atoms with Gasteiger partial charge in [0.25, 0.3) is 0 Å². The Balaban J connectivity index is 4.36. The van der Waals surface area contributed by atoms with E-state index in [4.69, 9.17) is 14.2 Å². The summed E-state index contributed by atoms with van der Waals surface area (Å²) >= 11 is 0. The van der Waals surface area contributed by atoms with E-state index in [1.165, 1.54) is 141 Å². The first kappa shape index (κ1) is 55.6. The molecular weight excluding hydrogens is 721 g/mol. The largest absolute Gasteiger partial charge is 0.462 e. The van der Waals surface area contributed by atoms with Crippen LogP contribution in [0.4, 0.5) is 0 Å². The Kier molecular flexibility index (Phi) is 45.4. The molecule has 0 spiro atoms. The van der Waals surface area contributed by atoms with E-state index in [1.807, 2.05) is 0 Å². The second-order valence-electron chi connectivity index (χ2n) is 16.7. The molecule has 6 nitrogen and oxygen atoms in total. The summed E-state index contributed by atoms with van der Waals surface area (Å²) in [6.07, 6.45) is 54.1. The number of allylic oxidation sites excluding steroid dienone is 6. The number of carbonyl (C=O) groups excluding carboxylic acids is 3. The molecule has 338 valence electrons. The molecule has 0 fully saturated rings. The lowest BCUT2D eigenvalue weighted by molar-refractivity contribution is -0.167. The summed E-state index contributed by atoms with van der Waals surface area (Å²) in [5.74, 6) is -0.887. The molecule has 0 aliphatic carbocycles. The van der Waals surface area contributed by atoms with Crippen LogP contribution >= 0.6 is 0 Å². The van der Waals surface area contributed by atoms with Crippen LogP contribution in [0.2, 0.25) is 0 Å². The fourth-order valence-corrected chi connectivity index (χ4v) is 7.04. The van der Waals surface area contributed by atoms with Crippen molar-refractivity contribution in [2.45, 2.75) is 264 Å². The minimum Gasteiger partial charge on any atom is -0.462 e. The Morgan fingerprint density at radius 3 is 1.05 bits per heavy atom. The van der Waals surface area contributed by atoms with Crippen LogP contribution in [0.3, 0.4) is 0 Å². The fourth-order valence-electron chi connectivity index (χ4n) is 7.04. The Hall–Kier alpha value is -2.37. The number of hydrogen-bond donors (Lipinski definition) is 0. The minimum atomic E-state index is -0.774. The van der Waals surface area contributed by atoms with Crippen LogP contribution < -0.4 is 0 Å². The van der Waals surface area contributed by atoms with Gasteiger partial charge in [-0.05, 0) is 70.6 Å². The third-order valence-corrected chi connectivity index (χ3v) is 10.9. The fraction of sp³-hybridized carbons (Fsp3) is 0.827. The van der Waals surface area contributed by atoms with Crippen molar-refractivity contribution < 1.29 is 28.6 Å². The van der Waals surface area contributed by atoms with Gasteiger partial charge in [-0.3, -0.25) is 14.4 Å². The van der Waals surface area contributed by atoms with Gasteiger partial charge in [0, 0.05) is 19.3 Å². The van der Waals surface area contributed by atoms with Gasteiger partial charge in [0.15, 0.2) is 6.10 Å². The maximum atomic E-state index is 12.8. The van der Waals surface area contributed by atoms with E-state index in [0.717, 1.165) is 77.0 Å². The summed E-state index contributed by atoms with van der Waals surface area (Å²) in [7, 11) is 0. The maximum Gasteiger partial charge on any atom is 0.306 e. The van der Waals surface area contributed by atoms with E-state index in [0.29, 0.717) is 19.3 Å². The molecule has 58 heavy (non-hydrogen) atoms. The molecule has 0 bridgehead atoms. The molecule has 1 atom stereocenters. The molecule has 0 aromatic rings. The Morgan fingerprint density at radius 2 is 0.638 bits per heavy atom. The van der Waals surface area contributed by atoms with E-state index in [9.17, 15) is 14.4 Å². The summed E-state index contributed by atoms with van der Waals surface area (Å²) in [5.41, 5.74) is 0. The van der Waals surface area contributed by atoms with Crippen LogP contribution in [-0.4, -0.2) is 37.2 Å². The number of carbonyl (C=O) groups is 3. The molecule has 0 aromatic heterocycles. The Labute approximate surface area is 359 Å². The lowest BCUT2D eigenvalue weighted by atomic mass is 10.0. The number of ether oxygens (including phenoxy) is 3. The molecule has 0 aromatic carbocycles. The highest BCUT2D eigenvalue weighted by atomic mass is 16.6. The van der Waals surface area contributed by atoms with E-state index in [-0.39, 0.29) is 31.1 Å². The first-order chi connectivity index (χ1) is 28.5. The van der Waals surface area contributed by atoms with Crippen molar-refractivity contribution in [3.8, 4) is 0 Å². The van der Waals surface area contributed by atoms with Gasteiger partial charge in [-0.15, -0.1) is 0 Å². The van der Waals surface area contributed by atoms with Crippen LogP contribution in [0.25, 0.3) is 0 Å². The zero-order valence-electron chi connectivity index (χ0n) is 38.6. The summed E-state index contributed by atoms with van der Waals surface area (Å²) < 4.78 is 16.7. The SMILES string of the molecule is CCCC/C=C\CCCCCCCC(=O)OC[C@H](COC(=O)CCCCCCCCCCCCCC)OC(=O)CCCCCCCCC/C=C\C/C=C\CCCCC. The first-order valence-corrected chi connectivity index (χ1v) is 25.0. The minimum absolute atomic E-state index is 0.0755. The highest BCUT2D eigenvalue weighted by Gasteiger charge is 2.19. The maximum absolute atomic E-state index is 12.8. The van der Waals surface area contributed by atoms with Crippen LogP contribution in [-0.2, 0) is 28.6 Å². The molecular formula is C52H94O6. The van der Waals surface area contributed by atoms with E-state index in [1.54, 1.807) is 0 Å². The van der Waals surface area contributed by atoms with Crippen molar-refractivity contribution in [1.29, 1.82) is 0 Å². The summed E-state index contributed by atoms with van der Waals surface area (Å²) in [6, 6.07) is 0. The van der Waals surface area contributed by atoms with E-state index < -0.39 is 6.10 Å². The van der Waals surface area contributed by atoms with Gasteiger partial charge in [0.1, 0.15) is 13.2 Å². The highest BCUT2D eigenvalue weighted by molar-refractivity contribution is 5.71. The number of rotatable bonds is 45. The molecule has 6 heteroatoms. The van der Waals surface area contributed by atoms with Crippen molar-refractivity contribution in [3.63, 3.8) is 0 Å². The molecule has 0 amide bonds. The lowest BCUT2D eigenvalue weighted by Crippen LogP contribution is -2.30. The number of unbranched alkanes of at least 4 members (excludes halogenated alkanes) is 28. The summed E-state index contributed by atoms with van der Waals surface area (Å²) in [6.45, 7) is 6.57. The van der Waals surface area contributed by atoms with Gasteiger partial charge in [-0.25, -0.2) is 0 Å². The van der Waals surface area contributed by atoms with E-state index in [2.05, 4.69) is 57.2 Å². The molecule has 0 heterocycles. The monoisotopic (exact) mass is 815 g/mol. The smallest absolute Gasteiger partial charge is 0.306 e. The van der Waals surface area contributed by atoms with Crippen LogP contribution in [0.1, 0.15) is 258 Å². The predicted molar refractivity (Wildman–Crippen MR) is 247 cm³/mol. The third kappa shape index (κ3) is 44.7. The molecule has 0 N–H and O–H groups in total.